The van der Waals surface area contributed by atoms with Crippen LogP contribution in [0.2, 0.25) is 0 Å². The number of carbonyl (C=O) groups is 1. The molecular weight excluding hydrogens is 365 g/mol. The van der Waals surface area contributed by atoms with Crippen molar-refractivity contribution in [2.45, 2.75) is 43.6 Å². The van der Waals surface area contributed by atoms with Crippen molar-refractivity contribution >= 4 is 11.7 Å². The molecule has 27 heavy (non-hydrogen) atoms. The molecule has 2 aromatic rings. The Morgan fingerprint density at radius 3 is 2.96 bits per heavy atom. The highest BCUT2D eigenvalue weighted by Crippen LogP contribution is 2.43. The topological polar surface area (TPSA) is 81.3 Å². The number of nitrogens with one attached hydrogen (secondary N) is 2. The fourth-order valence-corrected chi connectivity index (χ4v) is 3.46. The minimum absolute atomic E-state index is 0.0597. The number of rotatable bonds is 4. The van der Waals surface area contributed by atoms with Crippen LogP contribution in [0.5, 0.6) is 0 Å². The summed E-state index contributed by atoms with van der Waals surface area (Å²) in [4.78, 5) is 12.3. The van der Waals surface area contributed by atoms with E-state index in [0.717, 1.165) is 17.5 Å². The fraction of sp³-hybridized carbons (Fsp3) is 0.529. The number of nitrogens with zero attached hydrogens (tertiary/aromatic N) is 2. The molecule has 0 aromatic carbocycles. The first-order valence-corrected chi connectivity index (χ1v) is 8.78. The molecule has 2 aliphatic heterocycles. The molecule has 2 aliphatic rings. The second-order valence-electron chi connectivity index (χ2n) is 6.71. The Balaban J connectivity index is 1.55. The van der Waals surface area contributed by atoms with E-state index in [4.69, 9.17) is 9.15 Å². The number of fused-ring (bicyclic) bond motifs is 1. The molecule has 3 atom stereocenters. The first-order chi connectivity index (χ1) is 12.9. The Morgan fingerprint density at radius 1 is 1.44 bits per heavy atom. The van der Waals surface area contributed by atoms with E-state index in [-0.39, 0.29) is 24.0 Å². The Bertz CT molecular complexity index is 797. The van der Waals surface area contributed by atoms with Gasteiger partial charge in [-0.2, -0.15) is 18.3 Å². The lowest BCUT2D eigenvalue weighted by molar-refractivity contribution is -0.174. The van der Waals surface area contributed by atoms with E-state index in [0.29, 0.717) is 18.9 Å². The number of ether oxygens (including phenoxy) is 1. The number of alkyl halides is 3. The molecule has 0 saturated carbocycles. The summed E-state index contributed by atoms with van der Waals surface area (Å²) in [5.74, 6) is 0.0120. The van der Waals surface area contributed by atoms with Gasteiger partial charge in [-0.05, 0) is 25.0 Å². The summed E-state index contributed by atoms with van der Waals surface area (Å²) in [5.41, 5.74) is -0.0650. The summed E-state index contributed by atoms with van der Waals surface area (Å²) in [5, 5.41) is 9.56. The van der Waals surface area contributed by atoms with Crippen LogP contribution < -0.4 is 10.6 Å². The number of aromatic nitrogens is 2. The van der Waals surface area contributed by atoms with Crippen molar-refractivity contribution in [3.63, 3.8) is 0 Å². The summed E-state index contributed by atoms with van der Waals surface area (Å²) in [6.45, 7) is 0.969. The number of carbonyl (C=O) groups excluding carboxylic acids is 1. The van der Waals surface area contributed by atoms with Crippen LogP contribution in [0.4, 0.5) is 19.0 Å². The molecule has 1 saturated heterocycles. The molecule has 4 heterocycles. The van der Waals surface area contributed by atoms with E-state index in [1.165, 1.54) is 12.3 Å². The SMILES string of the molecule is O=C(NC[C@@H]1CCCO1)c1cc2n(n1)[C@H](C(F)(F)F)C[C@H](c1ccco1)N2. The molecule has 7 nitrogen and oxygen atoms in total. The van der Waals surface area contributed by atoms with E-state index in [2.05, 4.69) is 15.7 Å². The first kappa shape index (κ1) is 17.9. The maximum atomic E-state index is 13.6. The van der Waals surface area contributed by atoms with Crippen LogP contribution in [0.25, 0.3) is 0 Å². The standard InChI is InChI=1S/C17H19F3N4O3/c18-17(19,20)14-7-11(13-4-2-6-27-13)22-15-8-12(23-24(14)15)16(25)21-9-10-3-1-5-26-10/h2,4,6,8,10-11,14,22H,1,3,5,7,9H2,(H,21,25)/t10-,11+,14-/m0/s1. The zero-order chi connectivity index (χ0) is 19.0. The van der Waals surface area contributed by atoms with Crippen LogP contribution in [0.1, 0.15) is 47.6 Å². The number of hydrogen-bond donors (Lipinski definition) is 2. The van der Waals surface area contributed by atoms with E-state index >= 15 is 0 Å². The zero-order valence-corrected chi connectivity index (χ0v) is 14.3. The quantitative estimate of drug-likeness (QED) is 0.847. The van der Waals surface area contributed by atoms with Crippen molar-refractivity contribution in [3.8, 4) is 0 Å². The normalized spacial score (nSPS) is 25.1. The highest BCUT2D eigenvalue weighted by molar-refractivity contribution is 5.93. The first-order valence-electron chi connectivity index (χ1n) is 8.78. The number of furan rings is 1. The summed E-state index contributed by atoms with van der Waals surface area (Å²) < 4.78 is 52.2. The van der Waals surface area contributed by atoms with E-state index in [1.54, 1.807) is 12.1 Å². The van der Waals surface area contributed by atoms with Gasteiger partial charge in [-0.25, -0.2) is 4.68 Å². The maximum absolute atomic E-state index is 13.6. The Hall–Kier alpha value is -2.49. The van der Waals surface area contributed by atoms with Gasteiger partial charge < -0.3 is 19.8 Å². The number of anilines is 1. The Morgan fingerprint density at radius 2 is 2.30 bits per heavy atom. The van der Waals surface area contributed by atoms with Gasteiger partial charge in [-0.1, -0.05) is 0 Å². The molecule has 0 unspecified atom stereocenters. The number of halogens is 3. The molecule has 2 N–H and O–H groups in total. The molecule has 0 bridgehead atoms. The fourth-order valence-electron chi connectivity index (χ4n) is 3.46. The predicted octanol–water partition coefficient (Wildman–Crippen LogP) is 3.05. The van der Waals surface area contributed by atoms with Crippen LogP contribution in [0.15, 0.2) is 28.9 Å². The van der Waals surface area contributed by atoms with E-state index < -0.39 is 24.2 Å². The van der Waals surface area contributed by atoms with Crippen molar-refractivity contribution < 1.29 is 27.1 Å². The van der Waals surface area contributed by atoms with E-state index in [1.807, 2.05) is 0 Å². The van der Waals surface area contributed by atoms with Crippen molar-refractivity contribution in [1.82, 2.24) is 15.1 Å². The van der Waals surface area contributed by atoms with Gasteiger partial charge in [-0.3, -0.25) is 4.79 Å². The molecule has 146 valence electrons. The third-order valence-electron chi connectivity index (χ3n) is 4.82. The van der Waals surface area contributed by atoms with Gasteiger partial charge in [0, 0.05) is 25.6 Å². The number of hydrogen-bond acceptors (Lipinski definition) is 5. The lowest BCUT2D eigenvalue weighted by Crippen LogP contribution is -2.36. The summed E-state index contributed by atoms with van der Waals surface area (Å²) in [7, 11) is 0. The van der Waals surface area contributed by atoms with Crippen LogP contribution in [-0.4, -0.2) is 41.1 Å². The third kappa shape index (κ3) is 3.66. The van der Waals surface area contributed by atoms with E-state index in [9.17, 15) is 18.0 Å². The maximum Gasteiger partial charge on any atom is 0.410 e. The third-order valence-corrected chi connectivity index (χ3v) is 4.82. The molecule has 0 aliphatic carbocycles. The van der Waals surface area contributed by atoms with Crippen molar-refractivity contribution in [1.29, 1.82) is 0 Å². The summed E-state index contributed by atoms with van der Waals surface area (Å²) >= 11 is 0. The van der Waals surface area contributed by atoms with Crippen LogP contribution >= 0.6 is 0 Å². The monoisotopic (exact) mass is 384 g/mol. The molecular formula is C17H19F3N4O3. The van der Waals surface area contributed by atoms with Crippen molar-refractivity contribution in [3.05, 3.63) is 35.9 Å². The molecule has 0 radical (unpaired) electrons. The average molecular weight is 384 g/mol. The van der Waals surface area contributed by atoms with Gasteiger partial charge in [0.15, 0.2) is 11.7 Å². The molecule has 0 spiro atoms. The van der Waals surface area contributed by atoms with Gasteiger partial charge in [0.2, 0.25) is 0 Å². The van der Waals surface area contributed by atoms with Crippen molar-refractivity contribution in [2.75, 3.05) is 18.5 Å². The minimum Gasteiger partial charge on any atom is -0.467 e. The van der Waals surface area contributed by atoms with Crippen LogP contribution in [0.3, 0.4) is 0 Å². The van der Waals surface area contributed by atoms with Gasteiger partial charge >= 0.3 is 6.18 Å². The molecule has 2 aromatic heterocycles. The molecule has 1 amide bonds. The second kappa shape index (κ2) is 6.91. The van der Waals surface area contributed by atoms with Gasteiger partial charge in [-0.15, -0.1) is 0 Å². The summed E-state index contributed by atoms with van der Waals surface area (Å²) in [6, 6.07) is 2.07. The van der Waals surface area contributed by atoms with Gasteiger partial charge in [0.05, 0.1) is 18.4 Å². The summed E-state index contributed by atoms with van der Waals surface area (Å²) in [6.07, 6.45) is -1.64. The Labute approximate surface area is 152 Å². The largest absolute Gasteiger partial charge is 0.467 e. The van der Waals surface area contributed by atoms with Crippen LogP contribution in [0, 0.1) is 0 Å². The van der Waals surface area contributed by atoms with Gasteiger partial charge in [0.25, 0.3) is 5.91 Å². The van der Waals surface area contributed by atoms with Gasteiger partial charge in [0.1, 0.15) is 11.6 Å². The predicted molar refractivity (Wildman–Crippen MR) is 88.3 cm³/mol. The average Bonchev–Trinajstić information content (AvgIpc) is 3.38. The lowest BCUT2D eigenvalue weighted by atomic mass is 10.0. The molecule has 10 heteroatoms. The second-order valence-corrected chi connectivity index (χ2v) is 6.71. The zero-order valence-electron chi connectivity index (χ0n) is 14.3. The molecule has 1 fully saturated rings. The lowest BCUT2D eigenvalue weighted by Gasteiger charge is -2.32. The van der Waals surface area contributed by atoms with Crippen molar-refractivity contribution in [2.24, 2.45) is 0 Å². The van der Waals surface area contributed by atoms with Crippen LogP contribution in [-0.2, 0) is 4.74 Å². The highest BCUT2D eigenvalue weighted by Gasteiger charge is 2.47. The highest BCUT2D eigenvalue weighted by atomic mass is 19.4. The minimum atomic E-state index is -4.50. The smallest absolute Gasteiger partial charge is 0.410 e. The number of amides is 1. The Kier molecular flexibility index (Phi) is 4.58. The molecule has 4 rings (SSSR count).